The fourth-order valence-corrected chi connectivity index (χ4v) is 5.41. The summed E-state index contributed by atoms with van der Waals surface area (Å²) in [5.41, 5.74) is 2.12. The summed E-state index contributed by atoms with van der Waals surface area (Å²) in [6, 6.07) is 8.76. The summed E-state index contributed by atoms with van der Waals surface area (Å²) >= 11 is 0. The number of hydrogen-bond acceptors (Lipinski definition) is 6. The van der Waals surface area contributed by atoms with Gasteiger partial charge in [0.15, 0.2) is 9.84 Å². The Labute approximate surface area is 159 Å². The maximum absolute atomic E-state index is 13.4. The molecule has 0 spiro atoms. The first-order valence-corrected chi connectivity index (χ1v) is 10.4. The Hall–Kier alpha value is -1.74. The summed E-state index contributed by atoms with van der Waals surface area (Å²) in [4.78, 5) is 0.340. The maximum atomic E-state index is 13.4. The van der Waals surface area contributed by atoms with E-state index < -0.39 is 20.7 Å². The van der Waals surface area contributed by atoms with Gasteiger partial charge in [0, 0.05) is 13.7 Å². The number of methoxy groups -OCH3 is 1. The Morgan fingerprint density at radius 1 is 1.41 bits per heavy atom. The molecule has 8 heteroatoms. The smallest absolute Gasteiger partial charge is 0.184 e. The predicted octanol–water partition coefficient (Wildman–Crippen LogP) is 2.37. The normalized spacial score (nSPS) is 23.5. The molecule has 7 nitrogen and oxygen atoms in total. The number of aliphatic hydroxyl groups excluding tert-OH is 1. The van der Waals surface area contributed by atoms with E-state index in [0.29, 0.717) is 35.7 Å². The lowest BCUT2D eigenvalue weighted by molar-refractivity contribution is -0.00919. The van der Waals surface area contributed by atoms with Gasteiger partial charge in [-0.15, -0.1) is 0 Å². The van der Waals surface area contributed by atoms with Crippen molar-refractivity contribution in [1.82, 2.24) is 9.78 Å². The van der Waals surface area contributed by atoms with Crippen LogP contribution in [0.5, 0.6) is 0 Å². The molecule has 0 bridgehead atoms. The number of aryl methyl sites for hydroxylation is 1. The summed E-state index contributed by atoms with van der Waals surface area (Å²) in [7, 11) is -1.99. The molecular weight excluding hydrogens is 368 g/mol. The second-order valence-corrected chi connectivity index (χ2v) is 9.68. The van der Waals surface area contributed by atoms with Crippen molar-refractivity contribution in [3.63, 3.8) is 0 Å². The highest BCUT2D eigenvalue weighted by atomic mass is 32.2. The molecule has 1 aromatic heterocycles. The second kappa shape index (κ2) is 7.71. The molecule has 0 radical (unpaired) electrons. The highest BCUT2D eigenvalue weighted by Crippen LogP contribution is 2.42. The lowest BCUT2D eigenvalue weighted by atomic mass is 9.94. The van der Waals surface area contributed by atoms with Gasteiger partial charge < -0.3 is 14.6 Å². The molecule has 1 aliphatic rings. The number of nitrogens with zero attached hydrogens (tertiary/aromatic N) is 2. The molecule has 1 fully saturated rings. The lowest BCUT2D eigenvalue weighted by Crippen LogP contribution is -2.42. The first-order valence-electron chi connectivity index (χ1n) is 8.90. The lowest BCUT2D eigenvalue weighted by Gasteiger charge is -2.37. The van der Waals surface area contributed by atoms with E-state index in [0.717, 1.165) is 5.56 Å². The number of benzene rings is 1. The molecular formula is C19H26N2O5S. The van der Waals surface area contributed by atoms with E-state index in [1.165, 1.54) is 0 Å². The SMILES string of the molecule is COCn1nc(CO)cc1C1CC(C)(S(=O)(=O)c2cccc(C)c2)CCO1. The average Bonchev–Trinajstić information content (AvgIpc) is 3.05. The first-order chi connectivity index (χ1) is 12.8. The van der Waals surface area contributed by atoms with E-state index in [9.17, 15) is 13.5 Å². The van der Waals surface area contributed by atoms with Gasteiger partial charge in [-0.05, 0) is 50.5 Å². The maximum Gasteiger partial charge on any atom is 0.184 e. The van der Waals surface area contributed by atoms with Gasteiger partial charge in [-0.2, -0.15) is 5.10 Å². The van der Waals surface area contributed by atoms with E-state index in [-0.39, 0.29) is 13.3 Å². The van der Waals surface area contributed by atoms with Gasteiger partial charge in [-0.1, -0.05) is 12.1 Å². The molecule has 0 saturated carbocycles. The van der Waals surface area contributed by atoms with E-state index in [1.807, 2.05) is 13.0 Å². The van der Waals surface area contributed by atoms with Gasteiger partial charge in [0.25, 0.3) is 0 Å². The molecule has 2 aromatic rings. The van der Waals surface area contributed by atoms with Crippen LogP contribution in [0.15, 0.2) is 35.2 Å². The van der Waals surface area contributed by atoms with Crippen molar-refractivity contribution in [1.29, 1.82) is 0 Å². The van der Waals surface area contributed by atoms with Crippen LogP contribution in [0.3, 0.4) is 0 Å². The minimum atomic E-state index is -3.54. The standard InChI is InChI=1S/C19H26N2O5S/c1-14-5-4-6-16(9-14)27(23,24)19(2)7-8-26-18(11-19)17-10-15(12-22)20-21(17)13-25-3/h4-6,9-10,18,22H,7-8,11-13H2,1-3H3. The zero-order valence-electron chi connectivity index (χ0n) is 15.9. The number of hydrogen-bond donors (Lipinski definition) is 1. The van der Waals surface area contributed by atoms with Crippen molar-refractivity contribution in [3.8, 4) is 0 Å². The Bertz CT molecular complexity index is 909. The fourth-order valence-electron chi connectivity index (χ4n) is 3.52. The van der Waals surface area contributed by atoms with Crippen LogP contribution in [0.25, 0.3) is 0 Å². The number of aliphatic hydroxyl groups is 1. The van der Waals surface area contributed by atoms with Crippen LogP contribution in [0.1, 0.15) is 42.8 Å². The largest absolute Gasteiger partial charge is 0.390 e. The monoisotopic (exact) mass is 394 g/mol. The third kappa shape index (κ3) is 3.80. The molecule has 148 valence electrons. The molecule has 0 aliphatic carbocycles. The molecule has 2 heterocycles. The molecule has 3 rings (SSSR count). The number of aromatic nitrogens is 2. The molecule has 1 aromatic carbocycles. The first kappa shape index (κ1) is 20.0. The minimum Gasteiger partial charge on any atom is -0.390 e. The molecule has 27 heavy (non-hydrogen) atoms. The Morgan fingerprint density at radius 2 is 2.19 bits per heavy atom. The van der Waals surface area contributed by atoms with Crippen molar-refractivity contribution >= 4 is 9.84 Å². The van der Waals surface area contributed by atoms with Gasteiger partial charge in [-0.3, -0.25) is 0 Å². The molecule has 0 amide bonds. The van der Waals surface area contributed by atoms with Crippen LogP contribution in [-0.4, -0.2) is 41.8 Å². The number of sulfone groups is 1. The Kier molecular flexibility index (Phi) is 5.71. The predicted molar refractivity (Wildman–Crippen MR) is 99.9 cm³/mol. The van der Waals surface area contributed by atoms with Gasteiger partial charge >= 0.3 is 0 Å². The summed E-state index contributed by atoms with van der Waals surface area (Å²) in [5, 5.41) is 13.7. The molecule has 1 aliphatic heterocycles. The van der Waals surface area contributed by atoms with Crippen molar-refractivity contribution in [2.45, 2.75) is 55.8 Å². The van der Waals surface area contributed by atoms with Gasteiger partial charge in [0.05, 0.1) is 27.6 Å². The van der Waals surface area contributed by atoms with Crippen LogP contribution < -0.4 is 0 Å². The third-order valence-corrected chi connectivity index (χ3v) is 7.66. The highest BCUT2D eigenvalue weighted by Gasteiger charge is 2.45. The van der Waals surface area contributed by atoms with Gasteiger partial charge in [-0.25, -0.2) is 13.1 Å². The quantitative estimate of drug-likeness (QED) is 0.809. The number of rotatable bonds is 6. The molecule has 1 saturated heterocycles. The van der Waals surface area contributed by atoms with E-state index in [1.54, 1.807) is 43.0 Å². The topological polar surface area (TPSA) is 90.6 Å². The van der Waals surface area contributed by atoms with Gasteiger partial charge in [0.2, 0.25) is 0 Å². The van der Waals surface area contributed by atoms with Crippen LogP contribution in [0, 0.1) is 6.92 Å². The average molecular weight is 394 g/mol. The van der Waals surface area contributed by atoms with E-state index in [2.05, 4.69) is 5.10 Å². The van der Waals surface area contributed by atoms with Crippen molar-refractivity contribution < 1.29 is 23.0 Å². The number of ether oxygens (including phenoxy) is 2. The Morgan fingerprint density at radius 3 is 2.85 bits per heavy atom. The van der Waals surface area contributed by atoms with Crippen LogP contribution in [0.2, 0.25) is 0 Å². The summed E-state index contributed by atoms with van der Waals surface area (Å²) in [5.74, 6) is 0. The zero-order chi connectivity index (χ0) is 19.7. The van der Waals surface area contributed by atoms with Crippen LogP contribution >= 0.6 is 0 Å². The van der Waals surface area contributed by atoms with Crippen molar-refractivity contribution in [2.24, 2.45) is 0 Å². The molecule has 1 N–H and O–H groups in total. The molecule has 2 atom stereocenters. The fraction of sp³-hybridized carbons (Fsp3) is 0.526. The van der Waals surface area contributed by atoms with Crippen molar-refractivity contribution in [3.05, 3.63) is 47.3 Å². The van der Waals surface area contributed by atoms with Gasteiger partial charge in [0.1, 0.15) is 12.8 Å². The van der Waals surface area contributed by atoms with Crippen LogP contribution in [0.4, 0.5) is 0 Å². The summed E-state index contributed by atoms with van der Waals surface area (Å²) in [6.07, 6.45) is 0.292. The van der Waals surface area contributed by atoms with E-state index in [4.69, 9.17) is 9.47 Å². The summed E-state index contributed by atoms with van der Waals surface area (Å²) in [6.45, 7) is 4.00. The third-order valence-electron chi connectivity index (χ3n) is 5.12. The molecule has 2 unspecified atom stereocenters. The minimum absolute atomic E-state index is 0.199. The highest BCUT2D eigenvalue weighted by molar-refractivity contribution is 7.92. The zero-order valence-corrected chi connectivity index (χ0v) is 16.7. The van der Waals surface area contributed by atoms with Crippen molar-refractivity contribution in [2.75, 3.05) is 13.7 Å². The Balaban J connectivity index is 1.94. The summed E-state index contributed by atoms with van der Waals surface area (Å²) < 4.78 is 38.5. The van der Waals surface area contributed by atoms with E-state index >= 15 is 0 Å². The second-order valence-electron chi connectivity index (χ2n) is 7.22. The van der Waals surface area contributed by atoms with Crippen LogP contribution in [-0.2, 0) is 32.6 Å².